The first-order chi connectivity index (χ1) is 20.5. The molecule has 0 aliphatic carbocycles. The van der Waals surface area contributed by atoms with Crippen LogP contribution in [0.25, 0.3) is 10.8 Å². The van der Waals surface area contributed by atoms with Crippen molar-refractivity contribution in [3.05, 3.63) is 95.6 Å². The molecule has 1 aliphatic heterocycles. The molecule has 0 saturated carbocycles. The van der Waals surface area contributed by atoms with Crippen molar-refractivity contribution in [1.82, 2.24) is 4.90 Å². The number of aliphatic hydroxyl groups excluding tert-OH is 3. The van der Waals surface area contributed by atoms with Gasteiger partial charge in [-0.15, -0.1) is 0 Å². The Labute approximate surface area is 256 Å². The van der Waals surface area contributed by atoms with Crippen LogP contribution in [0.4, 0.5) is 18.0 Å². The van der Waals surface area contributed by atoms with Crippen molar-refractivity contribution in [2.24, 2.45) is 0 Å². The maximum Gasteiger partial charge on any atom is 0.416 e. The highest BCUT2D eigenvalue weighted by Crippen LogP contribution is 2.38. The third-order valence-electron chi connectivity index (χ3n) is 7.35. The largest absolute Gasteiger partial charge is 0.437 e. The van der Waals surface area contributed by atoms with E-state index in [0.717, 1.165) is 50.1 Å². The average Bonchev–Trinajstić information content (AvgIpc) is 3.00. The van der Waals surface area contributed by atoms with Gasteiger partial charge in [-0.3, -0.25) is 0 Å². The number of nitrogens with zero attached hydrogens (tertiary/aromatic N) is 1. The lowest BCUT2D eigenvalue weighted by Gasteiger charge is -2.37. The minimum Gasteiger partial charge on any atom is -0.437 e. The highest BCUT2D eigenvalue weighted by atomic mass is 33.1. The van der Waals surface area contributed by atoms with E-state index in [-0.39, 0.29) is 18.1 Å². The number of aryl methyl sites for hydroxylation is 1. The molecule has 0 bridgehead atoms. The highest BCUT2D eigenvalue weighted by molar-refractivity contribution is 8.76. The predicted octanol–water partition coefficient (Wildman–Crippen LogP) is 6.33. The molecule has 0 radical (unpaired) electrons. The zero-order valence-electron chi connectivity index (χ0n) is 23.4. The topological polar surface area (TPSA) is 99.5 Å². The summed E-state index contributed by atoms with van der Waals surface area (Å²) >= 11 is 0. The average molecular weight is 638 g/mol. The number of benzene rings is 3. The second kappa shape index (κ2) is 14.8. The van der Waals surface area contributed by atoms with Crippen LogP contribution in [-0.4, -0.2) is 69.2 Å². The van der Waals surface area contributed by atoms with Gasteiger partial charge in [0.1, 0.15) is 29.7 Å². The summed E-state index contributed by atoms with van der Waals surface area (Å²) in [5.74, 6) is -0.0779. The van der Waals surface area contributed by atoms with Gasteiger partial charge < -0.3 is 29.7 Å². The van der Waals surface area contributed by atoms with E-state index in [2.05, 4.69) is 6.58 Å². The van der Waals surface area contributed by atoms with Crippen LogP contribution in [0.3, 0.4) is 0 Å². The fourth-order valence-corrected chi connectivity index (χ4v) is 6.92. The number of amides is 1. The first kappa shape index (κ1) is 33.2. The van der Waals surface area contributed by atoms with Gasteiger partial charge in [-0.1, -0.05) is 78.0 Å². The van der Waals surface area contributed by atoms with Crippen molar-refractivity contribution in [1.29, 1.82) is 0 Å². The van der Waals surface area contributed by atoms with Gasteiger partial charge in [0, 0.05) is 6.54 Å². The standard InChI is InChI=1S/C31H34F3NO6S2/c1-19-27(37)28(38)26(17-36)41-29(19)43-42-18-40-30(39)35(15-7-9-21-8-5-12-23(16-21)31(32,33)34)20(2)24-14-6-11-22-10-3-4-13-25(22)24/h3-6,8,10-14,16,20,26-29,36-38H,1,7,9,15,17-18H2,2H3/t20?,26-,27-,28-,29+/m1/s1. The van der Waals surface area contributed by atoms with E-state index in [4.69, 9.17) is 9.47 Å². The van der Waals surface area contributed by atoms with Crippen LogP contribution in [0.5, 0.6) is 0 Å². The summed E-state index contributed by atoms with van der Waals surface area (Å²) in [6.07, 6.45) is -7.82. The molecule has 1 fully saturated rings. The molecule has 5 atom stereocenters. The summed E-state index contributed by atoms with van der Waals surface area (Å²) in [5, 5.41) is 31.6. The van der Waals surface area contributed by atoms with E-state index in [0.29, 0.717) is 18.4 Å². The van der Waals surface area contributed by atoms with E-state index < -0.39 is 54.2 Å². The van der Waals surface area contributed by atoms with Crippen molar-refractivity contribution in [3.8, 4) is 0 Å². The monoisotopic (exact) mass is 637 g/mol. The molecule has 1 heterocycles. The van der Waals surface area contributed by atoms with Crippen LogP contribution in [0.1, 0.15) is 36.1 Å². The second-order valence-corrected chi connectivity index (χ2v) is 12.6. The van der Waals surface area contributed by atoms with Crippen molar-refractivity contribution in [3.63, 3.8) is 0 Å². The van der Waals surface area contributed by atoms with Gasteiger partial charge in [0.25, 0.3) is 0 Å². The molecular formula is C31H34F3NO6S2. The lowest BCUT2D eigenvalue weighted by Crippen LogP contribution is -2.50. The number of carbonyl (C=O) groups is 1. The molecule has 12 heteroatoms. The number of aliphatic hydroxyl groups is 3. The van der Waals surface area contributed by atoms with Gasteiger partial charge in [0.15, 0.2) is 0 Å². The van der Waals surface area contributed by atoms with Crippen LogP contribution in [0.2, 0.25) is 0 Å². The maximum absolute atomic E-state index is 13.4. The van der Waals surface area contributed by atoms with E-state index in [1.54, 1.807) is 11.0 Å². The molecule has 0 spiro atoms. The first-order valence-electron chi connectivity index (χ1n) is 13.7. The van der Waals surface area contributed by atoms with Crippen molar-refractivity contribution < 1.29 is 42.8 Å². The number of carbonyl (C=O) groups excluding carboxylic acids is 1. The summed E-state index contributed by atoms with van der Waals surface area (Å²) < 4.78 is 50.8. The van der Waals surface area contributed by atoms with Crippen LogP contribution in [0, 0.1) is 0 Å². The first-order valence-corrected chi connectivity index (χ1v) is 16.1. The minimum atomic E-state index is -4.43. The Morgan fingerprint density at radius 1 is 1.12 bits per heavy atom. The van der Waals surface area contributed by atoms with Crippen LogP contribution in [-0.2, 0) is 22.1 Å². The van der Waals surface area contributed by atoms with Crippen molar-refractivity contribution >= 4 is 38.5 Å². The quantitative estimate of drug-likeness (QED) is 0.0972. The molecule has 232 valence electrons. The molecule has 3 aromatic rings. The number of alkyl halides is 3. The van der Waals surface area contributed by atoms with Gasteiger partial charge in [0.2, 0.25) is 0 Å². The third-order valence-corrected chi connectivity index (χ3v) is 9.51. The highest BCUT2D eigenvalue weighted by Gasteiger charge is 2.39. The smallest absolute Gasteiger partial charge is 0.416 e. The van der Waals surface area contributed by atoms with Crippen LogP contribution >= 0.6 is 21.6 Å². The van der Waals surface area contributed by atoms with Gasteiger partial charge in [-0.2, -0.15) is 13.2 Å². The summed E-state index contributed by atoms with van der Waals surface area (Å²) in [6, 6.07) is 18.4. The summed E-state index contributed by atoms with van der Waals surface area (Å²) in [6.45, 7) is 5.41. The van der Waals surface area contributed by atoms with Crippen LogP contribution < -0.4 is 0 Å². The number of halogens is 3. The summed E-state index contributed by atoms with van der Waals surface area (Å²) in [5.41, 5.74) is 0.218. The van der Waals surface area contributed by atoms with Gasteiger partial charge in [-0.25, -0.2) is 4.79 Å². The molecule has 0 aromatic heterocycles. The normalized spacial score (nSPS) is 21.5. The van der Waals surface area contributed by atoms with Gasteiger partial charge in [-0.05, 0) is 64.1 Å². The maximum atomic E-state index is 13.4. The molecule has 1 unspecified atom stereocenters. The number of hydrogen-bond acceptors (Lipinski definition) is 8. The Kier molecular flexibility index (Phi) is 11.4. The lowest BCUT2D eigenvalue weighted by molar-refractivity contribution is -0.137. The van der Waals surface area contributed by atoms with Crippen molar-refractivity contribution in [2.45, 2.75) is 55.7 Å². The summed E-state index contributed by atoms with van der Waals surface area (Å²) in [4.78, 5) is 15.0. The summed E-state index contributed by atoms with van der Waals surface area (Å²) in [7, 11) is 2.27. The molecule has 1 aliphatic rings. The zero-order chi connectivity index (χ0) is 31.1. The van der Waals surface area contributed by atoms with E-state index in [9.17, 15) is 33.3 Å². The van der Waals surface area contributed by atoms with Crippen molar-refractivity contribution in [2.75, 3.05) is 19.1 Å². The molecule has 1 amide bonds. The Balaban J connectivity index is 1.43. The Morgan fingerprint density at radius 2 is 1.84 bits per heavy atom. The fourth-order valence-electron chi connectivity index (χ4n) is 4.95. The Hall–Kier alpha value is -2.74. The minimum absolute atomic E-state index is 0.0779. The predicted molar refractivity (Wildman–Crippen MR) is 162 cm³/mol. The van der Waals surface area contributed by atoms with E-state index in [1.807, 2.05) is 49.4 Å². The molecule has 43 heavy (non-hydrogen) atoms. The third kappa shape index (κ3) is 8.25. The SMILES string of the molecule is C=C1[C@@H](O)[C@H](O)[C@@H](CO)O[C@H]1SSCOC(=O)N(CCCc1cccc(C(F)(F)F)c1)C(C)c1cccc2ccccc12. The Morgan fingerprint density at radius 3 is 2.58 bits per heavy atom. The molecule has 4 rings (SSSR count). The molecule has 7 nitrogen and oxygen atoms in total. The van der Waals surface area contributed by atoms with Gasteiger partial charge >= 0.3 is 12.3 Å². The van der Waals surface area contributed by atoms with Crippen LogP contribution in [0.15, 0.2) is 78.9 Å². The van der Waals surface area contributed by atoms with E-state index in [1.165, 1.54) is 6.07 Å². The molecule has 3 N–H and O–H groups in total. The zero-order valence-corrected chi connectivity index (χ0v) is 25.1. The molecule has 1 saturated heterocycles. The van der Waals surface area contributed by atoms with E-state index >= 15 is 0 Å². The number of fused-ring (bicyclic) bond motifs is 1. The number of ether oxygens (including phenoxy) is 2. The molecular weight excluding hydrogens is 603 g/mol. The lowest BCUT2D eigenvalue weighted by atomic mass is 9.98. The fraction of sp³-hybridized carbons (Fsp3) is 0.387. The Bertz CT molecular complexity index is 1400. The number of rotatable bonds is 11. The molecule has 3 aromatic carbocycles. The van der Waals surface area contributed by atoms with Gasteiger partial charge in [0.05, 0.1) is 18.2 Å². The second-order valence-electron chi connectivity index (χ2n) is 10.2. The number of hydrogen-bond donors (Lipinski definition) is 3.